The van der Waals surface area contributed by atoms with Crippen molar-refractivity contribution >= 4 is 11.9 Å². The molecule has 0 radical (unpaired) electrons. The molecular weight excluding hydrogens is 496 g/mol. The SMILES string of the molecule is CCCCC(CC)CC(CC(CC)CCCC)(C(=O)O)C(CCCCCCCCCCCCCC(=O)O)C(C)C. The van der Waals surface area contributed by atoms with E-state index < -0.39 is 17.4 Å². The molecule has 238 valence electrons. The minimum Gasteiger partial charge on any atom is -0.481 e. The predicted octanol–water partition coefficient (Wildman–Crippen LogP) is 11.7. The molecule has 0 aliphatic rings. The van der Waals surface area contributed by atoms with Gasteiger partial charge in [-0.15, -0.1) is 0 Å². The lowest BCUT2D eigenvalue weighted by Gasteiger charge is -2.44. The van der Waals surface area contributed by atoms with E-state index >= 15 is 0 Å². The number of carboxylic acid groups (broad SMARTS) is 2. The molecule has 0 bridgehead atoms. The maximum atomic E-state index is 13.3. The largest absolute Gasteiger partial charge is 0.481 e. The summed E-state index contributed by atoms with van der Waals surface area (Å²) in [5, 5.41) is 19.7. The average molecular weight is 567 g/mol. The molecule has 0 aromatic heterocycles. The lowest BCUT2D eigenvalue weighted by Crippen LogP contribution is -2.44. The van der Waals surface area contributed by atoms with Gasteiger partial charge < -0.3 is 10.2 Å². The maximum Gasteiger partial charge on any atom is 0.309 e. The molecule has 40 heavy (non-hydrogen) atoms. The minimum atomic E-state index is -0.678. The van der Waals surface area contributed by atoms with E-state index in [1.165, 1.54) is 83.5 Å². The van der Waals surface area contributed by atoms with Crippen LogP contribution in [0.1, 0.15) is 189 Å². The Morgan fingerprint density at radius 2 is 0.975 bits per heavy atom. The predicted molar refractivity (Wildman–Crippen MR) is 172 cm³/mol. The highest BCUT2D eigenvalue weighted by atomic mass is 16.4. The van der Waals surface area contributed by atoms with Gasteiger partial charge in [0.2, 0.25) is 0 Å². The molecule has 0 saturated carbocycles. The summed E-state index contributed by atoms with van der Waals surface area (Å²) in [5.41, 5.74) is -0.596. The van der Waals surface area contributed by atoms with Gasteiger partial charge in [0.15, 0.2) is 0 Å². The van der Waals surface area contributed by atoms with Crippen LogP contribution in [0.4, 0.5) is 0 Å². The molecule has 2 N–H and O–H groups in total. The number of rotatable bonds is 29. The maximum absolute atomic E-state index is 13.3. The Morgan fingerprint density at radius 3 is 1.30 bits per heavy atom. The van der Waals surface area contributed by atoms with Crippen LogP contribution in [0.2, 0.25) is 0 Å². The fourth-order valence-electron chi connectivity index (χ4n) is 7.12. The van der Waals surface area contributed by atoms with E-state index in [9.17, 15) is 14.7 Å². The third-order valence-electron chi connectivity index (χ3n) is 9.74. The quantitative estimate of drug-likeness (QED) is 0.0883. The zero-order valence-electron chi connectivity index (χ0n) is 27.8. The number of carbonyl (C=O) groups is 2. The summed E-state index contributed by atoms with van der Waals surface area (Å²) in [6.45, 7) is 13.6. The first-order valence-corrected chi connectivity index (χ1v) is 17.6. The summed E-state index contributed by atoms with van der Waals surface area (Å²) < 4.78 is 0. The second-order valence-corrected chi connectivity index (χ2v) is 13.4. The zero-order chi connectivity index (χ0) is 30.2. The van der Waals surface area contributed by atoms with E-state index in [1.54, 1.807) is 0 Å². The molecule has 3 unspecified atom stereocenters. The zero-order valence-corrected chi connectivity index (χ0v) is 27.8. The summed E-state index contributed by atoms with van der Waals surface area (Å²) in [6, 6.07) is 0. The number of unbranched alkanes of at least 4 members (excludes halogenated alkanes) is 12. The lowest BCUT2D eigenvalue weighted by molar-refractivity contribution is -0.158. The Kier molecular flexibility index (Phi) is 23.9. The molecule has 0 rings (SSSR count). The first-order valence-electron chi connectivity index (χ1n) is 17.6. The Labute approximate surface area is 249 Å². The first-order chi connectivity index (χ1) is 19.2. The smallest absolute Gasteiger partial charge is 0.309 e. The van der Waals surface area contributed by atoms with Gasteiger partial charge in [0.1, 0.15) is 0 Å². The average Bonchev–Trinajstić information content (AvgIpc) is 2.92. The molecule has 0 aliphatic carbocycles. The lowest BCUT2D eigenvalue weighted by atomic mass is 9.59. The fourth-order valence-corrected chi connectivity index (χ4v) is 7.12. The topological polar surface area (TPSA) is 74.6 Å². The second-order valence-electron chi connectivity index (χ2n) is 13.4. The van der Waals surface area contributed by atoms with Crippen molar-refractivity contribution in [3.63, 3.8) is 0 Å². The number of aliphatic carboxylic acids is 2. The van der Waals surface area contributed by atoms with Crippen molar-refractivity contribution in [1.82, 2.24) is 0 Å². The summed E-state index contributed by atoms with van der Waals surface area (Å²) in [4.78, 5) is 23.9. The van der Waals surface area contributed by atoms with Crippen molar-refractivity contribution < 1.29 is 19.8 Å². The van der Waals surface area contributed by atoms with Gasteiger partial charge >= 0.3 is 11.9 Å². The van der Waals surface area contributed by atoms with E-state index in [1.807, 2.05) is 0 Å². The molecule has 4 nitrogen and oxygen atoms in total. The van der Waals surface area contributed by atoms with Crippen LogP contribution in [0.25, 0.3) is 0 Å². The van der Waals surface area contributed by atoms with Gasteiger partial charge in [-0.05, 0) is 49.4 Å². The molecule has 0 amide bonds. The van der Waals surface area contributed by atoms with Crippen LogP contribution in [0.15, 0.2) is 0 Å². The normalized spacial score (nSPS) is 15.6. The highest BCUT2D eigenvalue weighted by Crippen LogP contribution is 2.49. The van der Waals surface area contributed by atoms with E-state index in [-0.39, 0.29) is 5.92 Å². The first kappa shape index (κ1) is 38.9. The van der Waals surface area contributed by atoms with Gasteiger partial charge in [0, 0.05) is 6.42 Å². The molecule has 0 fully saturated rings. The van der Waals surface area contributed by atoms with Crippen LogP contribution in [0.3, 0.4) is 0 Å². The van der Waals surface area contributed by atoms with Crippen molar-refractivity contribution in [2.75, 3.05) is 0 Å². The Bertz CT molecular complexity index is 596. The molecule has 0 aromatic carbocycles. The molecule has 0 spiro atoms. The van der Waals surface area contributed by atoms with Crippen molar-refractivity contribution in [3.8, 4) is 0 Å². The third-order valence-corrected chi connectivity index (χ3v) is 9.74. The van der Waals surface area contributed by atoms with Gasteiger partial charge in [-0.3, -0.25) is 9.59 Å². The van der Waals surface area contributed by atoms with Gasteiger partial charge in [0.25, 0.3) is 0 Å². The van der Waals surface area contributed by atoms with Crippen molar-refractivity contribution in [1.29, 1.82) is 0 Å². The number of hydrogen-bond acceptors (Lipinski definition) is 2. The molecule has 0 aromatic rings. The van der Waals surface area contributed by atoms with Crippen LogP contribution >= 0.6 is 0 Å². The Hall–Kier alpha value is -1.06. The van der Waals surface area contributed by atoms with E-state index in [0.29, 0.717) is 24.2 Å². The fraction of sp³-hybridized carbons (Fsp3) is 0.944. The minimum absolute atomic E-state index is 0.248. The Morgan fingerprint density at radius 1 is 0.575 bits per heavy atom. The van der Waals surface area contributed by atoms with Gasteiger partial charge in [0.05, 0.1) is 5.41 Å². The molecule has 3 atom stereocenters. The van der Waals surface area contributed by atoms with E-state index in [2.05, 4.69) is 41.5 Å². The standard InChI is InChI=1S/C36H70O4/c1-7-11-24-31(9-3)28-36(35(39)40,29-32(10-4)25-12-8-2)33(30(5)6)26-22-20-18-16-14-13-15-17-19-21-23-27-34(37)38/h30-33H,7-29H2,1-6H3,(H,37,38)(H,39,40). The summed E-state index contributed by atoms with van der Waals surface area (Å²) >= 11 is 0. The summed E-state index contributed by atoms with van der Waals surface area (Å²) in [7, 11) is 0. The van der Waals surface area contributed by atoms with Crippen LogP contribution in [-0.4, -0.2) is 22.2 Å². The van der Waals surface area contributed by atoms with Crippen LogP contribution < -0.4 is 0 Å². The van der Waals surface area contributed by atoms with Gasteiger partial charge in [-0.2, -0.15) is 0 Å². The molecule has 0 saturated heterocycles. The molecule has 4 heteroatoms. The third kappa shape index (κ3) is 17.0. The monoisotopic (exact) mass is 567 g/mol. The van der Waals surface area contributed by atoms with Crippen LogP contribution in [0, 0.1) is 29.1 Å². The number of hydrogen-bond donors (Lipinski definition) is 2. The van der Waals surface area contributed by atoms with Crippen LogP contribution in [0.5, 0.6) is 0 Å². The number of carboxylic acids is 2. The van der Waals surface area contributed by atoms with Gasteiger partial charge in [-0.1, -0.05) is 157 Å². The van der Waals surface area contributed by atoms with E-state index in [0.717, 1.165) is 57.8 Å². The summed E-state index contributed by atoms with van der Waals surface area (Å²) in [6.07, 6.45) is 25.3. The summed E-state index contributed by atoms with van der Waals surface area (Å²) in [5.74, 6) is 0.467. The van der Waals surface area contributed by atoms with E-state index in [4.69, 9.17) is 5.11 Å². The highest BCUT2D eigenvalue weighted by Gasteiger charge is 2.48. The molecule has 0 heterocycles. The van der Waals surface area contributed by atoms with Crippen LogP contribution in [-0.2, 0) is 9.59 Å². The van der Waals surface area contributed by atoms with Crippen molar-refractivity contribution in [2.24, 2.45) is 29.1 Å². The van der Waals surface area contributed by atoms with Crippen molar-refractivity contribution in [2.45, 2.75) is 189 Å². The molecular formula is C36H70O4. The highest BCUT2D eigenvalue weighted by molar-refractivity contribution is 5.75. The molecule has 0 aliphatic heterocycles. The van der Waals surface area contributed by atoms with Crippen molar-refractivity contribution in [3.05, 3.63) is 0 Å². The van der Waals surface area contributed by atoms with Gasteiger partial charge in [-0.25, -0.2) is 0 Å². The Balaban J connectivity index is 5.06. The second kappa shape index (κ2) is 24.5.